The van der Waals surface area contributed by atoms with E-state index in [1.54, 1.807) is 0 Å². The van der Waals surface area contributed by atoms with Crippen molar-refractivity contribution in [2.24, 2.45) is 5.16 Å². The van der Waals surface area contributed by atoms with Crippen molar-refractivity contribution in [2.75, 3.05) is 0 Å². The van der Waals surface area contributed by atoms with Crippen LogP contribution < -0.4 is 0 Å². The Morgan fingerprint density at radius 1 is 1.40 bits per heavy atom. The first-order chi connectivity index (χ1) is 7.40. The van der Waals surface area contributed by atoms with Crippen LogP contribution in [-0.2, 0) is 11.3 Å². The molecule has 1 heterocycles. The Hall–Kier alpha value is -1.31. The van der Waals surface area contributed by atoms with Crippen LogP contribution in [0.1, 0.15) is 43.4 Å². The van der Waals surface area contributed by atoms with Crippen molar-refractivity contribution in [2.45, 2.75) is 38.7 Å². The summed E-state index contributed by atoms with van der Waals surface area (Å²) in [5.74, 6) is 0. The SMILES string of the molecule is CCCCc1ccc(C2C[C]=NO2)cc1. The monoisotopic (exact) mass is 202 g/mol. The molecule has 2 heteroatoms. The summed E-state index contributed by atoms with van der Waals surface area (Å²) < 4.78 is 0. The van der Waals surface area contributed by atoms with Gasteiger partial charge in [0.15, 0.2) is 6.10 Å². The lowest BCUT2D eigenvalue weighted by molar-refractivity contribution is 0.0858. The smallest absolute Gasteiger partial charge is 0.158 e. The average molecular weight is 202 g/mol. The molecule has 0 aliphatic carbocycles. The summed E-state index contributed by atoms with van der Waals surface area (Å²) in [5.41, 5.74) is 2.60. The fourth-order valence-electron chi connectivity index (χ4n) is 1.72. The van der Waals surface area contributed by atoms with Gasteiger partial charge < -0.3 is 4.84 Å². The van der Waals surface area contributed by atoms with Crippen molar-refractivity contribution in [3.8, 4) is 0 Å². The Balaban J connectivity index is 1.97. The summed E-state index contributed by atoms with van der Waals surface area (Å²) in [6, 6.07) is 8.65. The summed E-state index contributed by atoms with van der Waals surface area (Å²) >= 11 is 0. The number of rotatable bonds is 4. The molecule has 1 aromatic carbocycles. The summed E-state index contributed by atoms with van der Waals surface area (Å²) in [4.78, 5) is 5.17. The summed E-state index contributed by atoms with van der Waals surface area (Å²) in [5, 5.41) is 3.66. The zero-order valence-corrected chi connectivity index (χ0v) is 9.07. The number of benzene rings is 1. The first-order valence-corrected chi connectivity index (χ1v) is 5.57. The standard InChI is InChI=1S/C13H16NO/c1-2-3-4-11-5-7-12(8-6-11)13-9-10-14-15-13/h5-8,13H,2-4,9H2,1H3. The largest absolute Gasteiger partial charge is 0.387 e. The lowest BCUT2D eigenvalue weighted by Gasteiger charge is -2.08. The third kappa shape index (κ3) is 2.58. The second-order valence-electron chi connectivity index (χ2n) is 3.89. The van der Waals surface area contributed by atoms with Crippen molar-refractivity contribution in [3.63, 3.8) is 0 Å². The minimum Gasteiger partial charge on any atom is -0.387 e. The molecular weight excluding hydrogens is 186 g/mol. The number of aryl methyl sites for hydroxylation is 1. The van der Waals surface area contributed by atoms with Crippen molar-refractivity contribution in [3.05, 3.63) is 35.4 Å². The maximum Gasteiger partial charge on any atom is 0.158 e. The molecule has 0 amide bonds. The van der Waals surface area contributed by atoms with Crippen LogP contribution in [0.5, 0.6) is 0 Å². The molecule has 0 aromatic heterocycles. The topological polar surface area (TPSA) is 21.6 Å². The molecule has 1 aliphatic rings. The Morgan fingerprint density at radius 3 is 2.80 bits per heavy atom. The van der Waals surface area contributed by atoms with E-state index in [9.17, 15) is 0 Å². The second kappa shape index (κ2) is 4.96. The Kier molecular flexibility index (Phi) is 3.38. The highest BCUT2D eigenvalue weighted by atomic mass is 16.6. The zero-order valence-electron chi connectivity index (χ0n) is 9.07. The van der Waals surface area contributed by atoms with Gasteiger partial charge in [-0.1, -0.05) is 42.8 Å². The summed E-state index contributed by atoms with van der Waals surface area (Å²) in [7, 11) is 0. The van der Waals surface area contributed by atoms with E-state index in [-0.39, 0.29) is 6.10 Å². The zero-order chi connectivity index (χ0) is 10.5. The van der Waals surface area contributed by atoms with Gasteiger partial charge >= 0.3 is 0 Å². The van der Waals surface area contributed by atoms with Crippen LogP contribution in [0, 0.1) is 0 Å². The number of hydrogen-bond donors (Lipinski definition) is 0. The molecule has 1 unspecified atom stereocenters. The lowest BCUT2D eigenvalue weighted by Crippen LogP contribution is -1.96. The van der Waals surface area contributed by atoms with Gasteiger partial charge in [-0.05, 0) is 24.0 Å². The third-order valence-electron chi connectivity index (χ3n) is 2.69. The van der Waals surface area contributed by atoms with Crippen LogP contribution in [0.3, 0.4) is 0 Å². The van der Waals surface area contributed by atoms with Crippen molar-refractivity contribution < 1.29 is 4.84 Å². The van der Waals surface area contributed by atoms with Gasteiger partial charge in [-0.2, -0.15) is 0 Å². The maximum absolute atomic E-state index is 5.17. The third-order valence-corrected chi connectivity index (χ3v) is 2.69. The minimum atomic E-state index is 0.0882. The lowest BCUT2D eigenvalue weighted by atomic mass is 10.0. The number of unbranched alkanes of at least 4 members (excludes halogenated alkanes) is 1. The minimum absolute atomic E-state index is 0.0882. The van der Waals surface area contributed by atoms with E-state index in [2.05, 4.69) is 42.6 Å². The predicted octanol–water partition coefficient (Wildman–Crippen LogP) is 3.35. The van der Waals surface area contributed by atoms with E-state index in [1.165, 1.54) is 30.4 Å². The van der Waals surface area contributed by atoms with Gasteiger partial charge in [0.25, 0.3) is 0 Å². The highest BCUT2D eigenvalue weighted by molar-refractivity contribution is 5.59. The van der Waals surface area contributed by atoms with Crippen molar-refractivity contribution in [1.29, 1.82) is 0 Å². The fraction of sp³-hybridized carbons (Fsp3) is 0.462. The van der Waals surface area contributed by atoms with Gasteiger partial charge in [0, 0.05) is 6.42 Å². The molecule has 0 bridgehead atoms. The van der Waals surface area contributed by atoms with Gasteiger partial charge in [-0.15, -0.1) is 0 Å². The van der Waals surface area contributed by atoms with E-state index in [1.807, 2.05) is 0 Å². The van der Waals surface area contributed by atoms with E-state index >= 15 is 0 Å². The van der Waals surface area contributed by atoms with Gasteiger partial charge in [-0.25, -0.2) is 0 Å². The van der Waals surface area contributed by atoms with Crippen molar-refractivity contribution in [1.82, 2.24) is 0 Å². The number of nitrogens with zero attached hydrogens (tertiary/aromatic N) is 1. The average Bonchev–Trinajstić information content (AvgIpc) is 2.80. The molecule has 2 rings (SSSR count). The summed E-state index contributed by atoms with van der Waals surface area (Å²) in [6.07, 6.45) is 7.36. The van der Waals surface area contributed by atoms with Crippen LogP contribution in [0.15, 0.2) is 29.4 Å². The molecule has 0 spiro atoms. The van der Waals surface area contributed by atoms with E-state index in [0.717, 1.165) is 6.42 Å². The molecular formula is C13H16NO. The van der Waals surface area contributed by atoms with Gasteiger partial charge in [0.05, 0.1) is 0 Å². The predicted molar refractivity (Wildman–Crippen MR) is 60.9 cm³/mol. The normalized spacial score (nSPS) is 19.1. The Bertz CT molecular complexity index is 321. The van der Waals surface area contributed by atoms with Crippen LogP contribution in [-0.4, -0.2) is 6.21 Å². The first kappa shape index (κ1) is 10.2. The number of hydrogen-bond acceptors (Lipinski definition) is 2. The molecule has 0 fully saturated rings. The van der Waals surface area contributed by atoms with E-state index in [0.29, 0.717) is 0 Å². The quantitative estimate of drug-likeness (QED) is 0.733. The highest BCUT2D eigenvalue weighted by Gasteiger charge is 2.15. The van der Waals surface area contributed by atoms with Crippen molar-refractivity contribution >= 4 is 6.21 Å². The molecule has 2 nitrogen and oxygen atoms in total. The van der Waals surface area contributed by atoms with Gasteiger partial charge in [0.2, 0.25) is 0 Å². The van der Waals surface area contributed by atoms with Gasteiger partial charge in [0.1, 0.15) is 6.21 Å². The Morgan fingerprint density at radius 2 is 2.20 bits per heavy atom. The molecule has 15 heavy (non-hydrogen) atoms. The van der Waals surface area contributed by atoms with Gasteiger partial charge in [-0.3, -0.25) is 0 Å². The van der Waals surface area contributed by atoms with Crippen LogP contribution in [0.25, 0.3) is 0 Å². The fourth-order valence-corrected chi connectivity index (χ4v) is 1.72. The molecule has 1 aromatic rings. The van der Waals surface area contributed by atoms with Crippen LogP contribution in [0.2, 0.25) is 0 Å². The Labute approximate surface area is 90.9 Å². The maximum atomic E-state index is 5.17. The molecule has 0 saturated carbocycles. The van der Waals surface area contributed by atoms with Crippen LogP contribution in [0.4, 0.5) is 0 Å². The summed E-state index contributed by atoms with van der Waals surface area (Å²) in [6.45, 7) is 2.22. The second-order valence-corrected chi connectivity index (χ2v) is 3.89. The molecule has 1 aliphatic heterocycles. The van der Waals surface area contributed by atoms with E-state index < -0.39 is 0 Å². The highest BCUT2D eigenvalue weighted by Crippen LogP contribution is 2.24. The molecule has 0 saturated heterocycles. The first-order valence-electron chi connectivity index (χ1n) is 5.57. The van der Waals surface area contributed by atoms with E-state index in [4.69, 9.17) is 4.84 Å². The molecule has 0 N–H and O–H groups in total. The molecule has 79 valence electrons. The molecule has 1 radical (unpaired) electrons. The van der Waals surface area contributed by atoms with Crippen LogP contribution >= 0.6 is 0 Å². The molecule has 1 atom stereocenters.